The predicted octanol–water partition coefficient (Wildman–Crippen LogP) is 2.08. The maximum atomic E-state index is 11.6. The van der Waals surface area contributed by atoms with Crippen molar-refractivity contribution in [2.75, 3.05) is 5.75 Å². The van der Waals surface area contributed by atoms with Gasteiger partial charge in [0.05, 0.1) is 17.1 Å². The molecule has 8 heteroatoms. The van der Waals surface area contributed by atoms with E-state index in [0.717, 1.165) is 0 Å². The topological polar surface area (TPSA) is 97.5 Å². The van der Waals surface area contributed by atoms with E-state index in [2.05, 4.69) is 15.9 Å². The summed E-state index contributed by atoms with van der Waals surface area (Å²) in [7, 11) is -1.43. The summed E-state index contributed by atoms with van der Waals surface area (Å²) in [6.07, 6.45) is -0.211. The fourth-order valence-electron chi connectivity index (χ4n) is 1.28. The molecular formula is C10H10BrNO5S. The Balaban J connectivity index is 2.81. The first kappa shape index (κ1) is 14.8. The molecule has 0 aliphatic rings. The van der Waals surface area contributed by atoms with Gasteiger partial charge in [-0.05, 0) is 6.07 Å². The highest BCUT2D eigenvalue weighted by Gasteiger charge is 2.16. The smallest absolute Gasteiger partial charge is 0.304 e. The van der Waals surface area contributed by atoms with E-state index in [1.807, 2.05) is 0 Å². The molecule has 0 amide bonds. The molecule has 1 rings (SSSR count). The Bertz CT molecular complexity index is 505. The van der Waals surface area contributed by atoms with Crippen LogP contribution >= 0.6 is 15.9 Å². The van der Waals surface area contributed by atoms with Crippen LogP contribution in [0.4, 0.5) is 5.69 Å². The Morgan fingerprint density at radius 3 is 2.72 bits per heavy atom. The van der Waals surface area contributed by atoms with Gasteiger partial charge in [0.2, 0.25) is 0 Å². The van der Waals surface area contributed by atoms with Crippen LogP contribution in [0.15, 0.2) is 22.7 Å². The molecular weight excluding hydrogens is 326 g/mol. The number of carboxylic acid groups (broad SMARTS) is 1. The number of hydrogen-bond donors (Lipinski definition) is 1. The molecule has 0 saturated carbocycles. The molecule has 1 unspecified atom stereocenters. The number of carboxylic acids is 1. The molecule has 0 aliphatic heterocycles. The minimum absolute atomic E-state index is 0.0114. The third kappa shape index (κ3) is 4.53. The first-order chi connectivity index (χ1) is 8.40. The van der Waals surface area contributed by atoms with E-state index in [4.69, 9.17) is 5.11 Å². The lowest BCUT2D eigenvalue weighted by molar-refractivity contribution is -0.385. The van der Waals surface area contributed by atoms with Gasteiger partial charge in [0.15, 0.2) is 0 Å². The number of nitro benzene ring substituents is 1. The molecule has 98 valence electrons. The predicted molar refractivity (Wildman–Crippen MR) is 69.8 cm³/mol. The van der Waals surface area contributed by atoms with E-state index >= 15 is 0 Å². The second kappa shape index (κ2) is 6.60. The summed E-state index contributed by atoms with van der Waals surface area (Å²) in [5, 5.41) is 19.3. The number of hydrogen-bond acceptors (Lipinski definition) is 4. The number of rotatable bonds is 6. The minimum atomic E-state index is -1.43. The van der Waals surface area contributed by atoms with E-state index in [1.54, 1.807) is 6.07 Å². The van der Waals surface area contributed by atoms with E-state index in [1.165, 1.54) is 12.1 Å². The van der Waals surface area contributed by atoms with Gasteiger partial charge in [0, 0.05) is 32.7 Å². The number of aliphatic carboxylic acids is 1. The Hall–Kier alpha value is -1.28. The molecule has 0 fully saturated rings. The molecule has 0 saturated heterocycles. The summed E-state index contributed by atoms with van der Waals surface area (Å²) in [5.41, 5.74) is 0.222. The van der Waals surface area contributed by atoms with Gasteiger partial charge in [-0.3, -0.25) is 19.1 Å². The molecule has 1 aromatic carbocycles. The molecule has 1 N–H and O–H groups in total. The maximum absolute atomic E-state index is 11.6. The molecule has 0 radical (unpaired) electrons. The number of nitro groups is 1. The highest BCUT2D eigenvalue weighted by Crippen LogP contribution is 2.24. The Morgan fingerprint density at radius 1 is 1.50 bits per heavy atom. The van der Waals surface area contributed by atoms with E-state index in [9.17, 15) is 19.1 Å². The largest absolute Gasteiger partial charge is 0.481 e. The van der Waals surface area contributed by atoms with E-state index < -0.39 is 21.7 Å². The van der Waals surface area contributed by atoms with Crippen molar-refractivity contribution < 1.29 is 19.0 Å². The molecule has 0 spiro atoms. The third-order valence-corrected chi connectivity index (χ3v) is 3.89. The fraction of sp³-hybridized carbons (Fsp3) is 0.300. The van der Waals surface area contributed by atoms with Crippen molar-refractivity contribution in [2.24, 2.45) is 0 Å². The van der Waals surface area contributed by atoms with Crippen LogP contribution < -0.4 is 0 Å². The van der Waals surface area contributed by atoms with Gasteiger partial charge in [-0.15, -0.1) is 0 Å². The molecule has 0 heterocycles. The molecule has 18 heavy (non-hydrogen) atoms. The highest BCUT2D eigenvalue weighted by atomic mass is 79.9. The first-order valence-electron chi connectivity index (χ1n) is 4.89. The van der Waals surface area contributed by atoms with Crippen LogP contribution in [0.2, 0.25) is 0 Å². The van der Waals surface area contributed by atoms with Crippen molar-refractivity contribution in [3.63, 3.8) is 0 Å². The van der Waals surface area contributed by atoms with E-state index in [0.29, 0.717) is 10.0 Å². The summed E-state index contributed by atoms with van der Waals surface area (Å²) < 4.78 is 12.2. The standard InChI is InChI=1S/C10H10BrNO5S/c11-8-2-1-7(9(5-8)12(15)16)6-18(17)4-3-10(13)14/h1-2,5H,3-4,6H2,(H,13,14). The minimum Gasteiger partial charge on any atom is -0.481 e. The molecule has 1 atom stereocenters. The average Bonchev–Trinajstić information content (AvgIpc) is 2.28. The Morgan fingerprint density at radius 2 is 2.17 bits per heavy atom. The molecule has 0 bridgehead atoms. The van der Waals surface area contributed by atoms with E-state index in [-0.39, 0.29) is 23.6 Å². The van der Waals surface area contributed by atoms with Crippen molar-refractivity contribution in [3.8, 4) is 0 Å². The number of benzene rings is 1. The van der Waals surface area contributed by atoms with Gasteiger partial charge in [0.25, 0.3) is 5.69 Å². The zero-order valence-electron chi connectivity index (χ0n) is 9.17. The van der Waals surface area contributed by atoms with Gasteiger partial charge in [-0.2, -0.15) is 0 Å². The van der Waals surface area contributed by atoms with Crippen LogP contribution in [0, 0.1) is 10.1 Å². The normalized spacial score (nSPS) is 12.1. The summed E-state index contributed by atoms with van der Waals surface area (Å²) >= 11 is 3.12. The van der Waals surface area contributed by atoms with Crippen LogP contribution in [-0.4, -0.2) is 26.0 Å². The van der Waals surface area contributed by atoms with Crippen molar-refractivity contribution in [2.45, 2.75) is 12.2 Å². The molecule has 1 aromatic rings. The zero-order chi connectivity index (χ0) is 13.7. The molecule has 0 aliphatic carbocycles. The van der Waals surface area contributed by atoms with Crippen LogP contribution in [0.3, 0.4) is 0 Å². The van der Waals surface area contributed by atoms with Gasteiger partial charge in [-0.1, -0.05) is 22.0 Å². The Kier molecular flexibility index (Phi) is 5.42. The number of carbonyl (C=O) groups is 1. The quantitative estimate of drug-likeness (QED) is 0.634. The fourth-order valence-corrected chi connectivity index (χ4v) is 2.76. The second-order valence-electron chi connectivity index (χ2n) is 3.46. The van der Waals surface area contributed by atoms with Crippen molar-refractivity contribution in [3.05, 3.63) is 38.3 Å². The second-order valence-corrected chi connectivity index (χ2v) is 5.95. The van der Waals surface area contributed by atoms with Crippen molar-refractivity contribution >= 4 is 38.4 Å². The van der Waals surface area contributed by atoms with Crippen LogP contribution in [0.1, 0.15) is 12.0 Å². The van der Waals surface area contributed by atoms with Gasteiger partial charge < -0.3 is 5.11 Å². The maximum Gasteiger partial charge on any atom is 0.304 e. The lowest BCUT2D eigenvalue weighted by Crippen LogP contribution is -2.07. The SMILES string of the molecule is O=C(O)CCS(=O)Cc1ccc(Br)cc1[N+](=O)[O-]. The van der Waals surface area contributed by atoms with Gasteiger partial charge in [0.1, 0.15) is 0 Å². The lowest BCUT2D eigenvalue weighted by Gasteiger charge is -2.03. The van der Waals surface area contributed by atoms with Gasteiger partial charge >= 0.3 is 5.97 Å². The number of nitrogens with zero attached hydrogens (tertiary/aromatic N) is 1. The summed E-state index contributed by atoms with van der Waals surface area (Å²) in [6.45, 7) is 0. The molecule has 6 nitrogen and oxygen atoms in total. The third-order valence-electron chi connectivity index (χ3n) is 2.10. The summed E-state index contributed by atoms with van der Waals surface area (Å²) in [4.78, 5) is 20.6. The van der Waals surface area contributed by atoms with Crippen LogP contribution in [0.25, 0.3) is 0 Å². The average molecular weight is 336 g/mol. The van der Waals surface area contributed by atoms with Crippen molar-refractivity contribution in [1.82, 2.24) is 0 Å². The zero-order valence-corrected chi connectivity index (χ0v) is 11.6. The van der Waals surface area contributed by atoms with Crippen LogP contribution in [0.5, 0.6) is 0 Å². The Labute approximate surface area is 114 Å². The van der Waals surface area contributed by atoms with Crippen molar-refractivity contribution in [1.29, 1.82) is 0 Å². The number of halogens is 1. The van der Waals surface area contributed by atoms with Gasteiger partial charge in [-0.25, -0.2) is 0 Å². The summed E-state index contributed by atoms with van der Waals surface area (Å²) in [6, 6.07) is 4.47. The molecule has 0 aromatic heterocycles. The summed E-state index contributed by atoms with van der Waals surface area (Å²) in [5.74, 6) is -1.06. The first-order valence-corrected chi connectivity index (χ1v) is 7.18. The monoisotopic (exact) mass is 335 g/mol. The van der Waals surface area contributed by atoms with Crippen LogP contribution in [-0.2, 0) is 21.3 Å². The lowest BCUT2D eigenvalue weighted by atomic mass is 10.2. The highest BCUT2D eigenvalue weighted by molar-refractivity contribution is 9.10.